The Labute approximate surface area is 194 Å². The number of carbonyl (C=O) groups is 3. The number of rotatable bonds is 7. The summed E-state index contributed by atoms with van der Waals surface area (Å²) in [5.74, 6) is -0.452. The highest BCUT2D eigenvalue weighted by molar-refractivity contribution is 5.91. The van der Waals surface area contributed by atoms with Gasteiger partial charge in [0.15, 0.2) is 0 Å². The number of benzene rings is 2. The number of hydrogen-bond donors (Lipinski definition) is 1. The highest BCUT2D eigenvalue weighted by atomic mass is 16.5. The van der Waals surface area contributed by atoms with E-state index in [-0.39, 0.29) is 37.0 Å². The van der Waals surface area contributed by atoms with Crippen molar-refractivity contribution in [3.8, 4) is 0 Å². The maximum absolute atomic E-state index is 13.4. The van der Waals surface area contributed by atoms with Crippen LogP contribution in [0.1, 0.15) is 37.3 Å². The van der Waals surface area contributed by atoms with Gasteiger partial charge in [0.1, 0.15) is 18.7 Å². The van der Waals surface area contributed by atoms with Crippen molar-refractivity contribution in [2.75, 3.05) is 6.61 Å². The molecule has 4 rings (SSSR count). The van der Waals surface area contributed by atoms with Crippen LogP contribution >= 0.6 is 0 Å². The fraction of sp³-hybridized carbons (Fsp3) is 0.423. The van der Waals surface area contributed by atoms with Gasteiger partial charge in [-0.1, -0.05) is 60.7 Å². The van der Waals surface area contributed by atoms with E-state index in [1.807, 2.05) is 48.5 Å². The lowest BCUT2D eigenvalue weighted by Crippen LogP contribution is -2.58. The van der Waals surface area contributed by atoms with Crippen molar-refractivity contribution < 1.29 is 23.9 Å². The van der Waals surface area contributed by atoms with Gasteiger partial charge in [0.2, 0.25) is 5.91 Å². The summed E-state index contributed by atoms with van der Waals surface area (Å²) in [7, 11) is 0. The third kappa shape index (κ3) is 5.35. The Hall–Kier alpha value is -3.35. The van der Waals surface area contributed by atoms with E-state index in [1.165, 1.54) is 5.56 Å². The van der Waals surface area contributed by atoms with Crippen LogP contribution in [0.2, 0.25) is 0 Å². The van der Waals surface area contributed by atoms with Crippen LogP contribution in [0.15, 0.2) is 60.7 Å². The molecule has 2 amide bonds. The first kappa shape index (κ1) is 22.8. The minimum absolute atomic E-state index is 0.0505. The van der Waals surface area contributed by atoms with Crippen LogP contribution in [-0.2, 0) is 32.1 Å². The lowest BCUT2D eigenvalue weighted by molar-refractivity contribution is -0.156. The van der Waals surface area contributed by atoms with Gasteiger partial charge in [-0.25, -0.2) is 9.59 Å². The van der Waals surface area contributed by atoms with Crippen molar-refractivity contribution >= 4 is 18.0 Å². The normalized spacial score (nSPS) is 24.2. The molecular weight excluding hydrogens is 420 g/mol. The van der Waals surface area contributed by atoms with Crippen molar-refractivity contribution in [1.29, 1.82) is 0 Å². The smallest absolute Gasteiger partial charge is 0.408 e. The molecule has 0 unspecified atom stereocenters. The van der Waals surface area contributed by atoms with Crippen LogP contribution in [0.25, 0.3) is 0 Å². The zero-order chi connectivity index (χ0) is 23.2. The molecule has 2 aromatic rings. The summed E-state index contributed by atoms with van der Waals surface area (Å²) in [5.41, 5.74) is 2.05. The number of hydrogen-bond acceptors (Lipinski definition) is 5. The van der Waals surface area contributed by atoms with Crippen molar-refractivity contribution in [2.45, 2.75) is 57.3 Å². The Morgan fingerprint density at radius 1 is 0.970 bits per heavy atom. The number of carbonyl (C=O) groups excluding carboxylic acids is 3. The summed E-state index contributed by atoms with van der Waals surface area (Å²) in [6.07, 6.45) is 1.95. The number of nitrogens with one attached hydrogen (secondary N) is 1. The average molecular weight is 451 g/mol. The number of fused-ring (bicyclic) bond motifs is 1. The summed E-state index contributed by atoms with van der Waals surface area (Å²) in [6.45, 7) is 2.15. The summed E-state index contributed by atoms with van der Waals surface area (Å²) < 4.78 is 10.6. The molecule has 0 radical (unpaired) electrons. The number of amides is 2. The van der Waals surface area contributed by atoms with Gasteiger partial charge in [0.25, 0.3) is 0 Å². The molecule has 1 N–H and O–H groups in total. The molecule has 4 atom stereocenters. The summed E-state index contributed by atoms with van der Waals surface area (Å²) >= 11 is 0. The second-order valence-corrected chi connectivity index (χ2v) is 8.60. The van der Waals surface area contributed by atoms with Crippen molar-refractivity contribution in [2.24, 2.45) is 5.92 Å². The van der Waals surface area contributed by atoms with E-state index in [4.69, 9.17) is 9.47 Å². The molecule has 2 aromatic carbocycles. The third-order valence-electron chi connectivity index (χ3n) is 6.47. The van der Waals surface area contributed by atoms with Crippen LogP contribution in [-0.4, -0.2) is 47.6 Å². The molecule has 2 saturated heterocycles. The van der Waals surface area contributed by atoms with Crippen molar-refractivity contribution in [3.63, 3.8) is 0 Å². The molecule has 2 fully saturated rings. The minimum Gasteiger partial charge on any atom is -0.464 e. The second-order valence-electron chi connectivity index (χ2n) is 8.60. The number of nitrogens with zero attached hydrogens (tertiary/aromatic N) is 1. The second kappa shape index (κ2) is 10.5. The van der Waals surface area contributed by atoms with Gasteiger partial charge in [-0.3, -0.25) is 4.79 Å². The minimum atomic E-state index is -0.711. The molecule has 0 bridgehead atoms. The number of esters is 1. The van der Waals surface area contributed by atoms with Crippen LogP contribution in [0, 0.1) is 5.92 Å². The standard InChI is InChI=1S/C26H30N2O5/c1-2-32-25(30)23-16-20(15-18-9-5-3-6-10-18)22-14-13-21(24(29)28(22)23)27-26(31)33-17-19-11-7-4-8-12-19/h3-12,20-23H,2,13-17H2,1H3,(H,27,31)/t20-,21-,22+,23+/m1/s1. The SMILES string of the molecule is CCOC(=O)[C@@H]1C[C@@H](Cc2ccccc2)[C@@H]2CC[C@@H](NC(=O)OCc3ccccc3)C(=O)N12. The predicted molar refractivity (Wildman–Crippen MR) is 122 cm³/mol. The van der Waals surface area contributed by atoms with Gasteiger partial charge < -0.3 is 19.7 Å². The van der Waals surface area contributed by atoms with Crippen molar-refractivity contribution in [3.05, 3.63) is 71.8 Å². The first-order chi connectivity index (χ1) is 16.1. The molecule has 2 aliphatic rings. The van der Waals surface area contributed by atoms with E-state index in [2.05, 4.69) is 17.4 Å². The van der Waals surface area contributed by atoms with E-state index >= 15 is 0 Å². The van der Waals surface area contributed by atoms with E-state index < -0.39 is 18.2 Å². The van der Waals surface area contributed by atoms with Gasteiger partial charge in [-0.05, 0) is 49.7 Å². The summed E-state index contributed by atoms with van der Waals surface area (Å²) in [4.78, 5) is 40.1. The molecule has 0 aliphatic carbocycles. The first-order valence-electron chi connectivity index (χ1n) is 11.6. The predicted octanol–water partition coefficient (Wildman–Crippen LogP) is 3.47. The molecule has 174 valence electrons. The van der Waals surface area contributed by atoms with Gasteiger partial charge in [0.05, 0.1) is 6.61 Å². The maximum atomic E-state index is 13.4. The van der Waals surface area contributed by atoms with Gasteiger partial charge in [-0.15, -0.1) is 0 Å². The number of ether oxygens (including phenoxy) is 2. The number of piperidine rings is 1. The lowest BCUT2D eigenvalue weighted by atomic mass is 9.86. The Balaban J connectivity index is 1.43. The summed E-state index contributed by atoms with van der Waals surface area (Å²) in [6, 6.07) is 18.1. The van der Waals surface area contributed by atoms with E-state index in [0.717, 1.165) is 12.0 Å². The average Bonchev–Trinajstić information content (AvgIpc) is 3.20. The number of alkyl carbamates (subject to hydrolysis) is 1. The zero-order valence-corrected chi connectivity index (χ0v) is 18.8. The maximum Gasteiger partial charge on any atom is 0.408 e. The molecule has 2 heterocycles. The molecular formula is C26H30N2O5. The third-order valence-corrected chi connectivity index (χ3v) is 6.47. The van der Waals surface area contributed by atoms with E-state index in [9.17, 15) is 14.4 Å². The van der Waals surface area contributed by atoms with Crippen LogP contribution in [0.4, 0.5) is 4.79 Å². The van der Waals surface area contributed by atoms with Gasteiger partial charge in [-0.2, -0.15) is 0 Å². The fourth-order valence-electron chi connectivity index (χ4n) is 4.97. The molecule has 7 nitrogen and oxygen atoms in total. The molecule has 0 aromatic heterocycles. The van der Waals surface area contributed by atoms with Crippen molar-refractivity contribution in [1.82, 2.24) is 10.2 Å². The Morgan fingerprint density at radius 3 is 2.30 bits per heavy atom. The molecule has 2 aliphatic heterocycles. The topological polar surface area (TPSA) is 84.9 Å². The molecule has 0 saturated carbocycles. The van der Waals surface area contributed by atoms with Crippen LogP contribution in [0.3, 0.4) is 0 Å². The lowest BCUT2D eigenvalue weighted by Gasteiger charge is -2.38. The van der Waals surface area contributed by atoms with Crippen LogP contribution in [0.5, 0.6) is 0 Å². The van der Waals surface area contributed by atoms with Gasteiger partial charge >= 0.3 is 12.1 Å². The Bertz CT molecular complexity index is 965. The van der Waals surface area contributed by atoms with Gasteiger partial charge in [0, 0.05) is 6.04 Å². The molecule has 0 spiro atoms. The highest BCUT2D eigenvalue weighted by Gasteiger charge is 2.51. The highest BCUT2D eigenvalue weighted by Crippen LogP contribution is 2.39. The van der Waals surface area contributed by atoms with E-state index in [0.29, 0.717) is 19.3 Å². The molecule has 33 heavy (non-hydrogen) atoms. The largest absolute Gasteiger partial charge is 0.464 e. The monoisotopic (exact) mass is 450 g/mol. The Morgan fingerprint density at radius 2 is 1.64 bits per heavy atom. The van der Waals surface area contributed by atoms with E-state index in [1.54, 1.807) is 11.8 Å². The zero-order valence-electron chi connectivity index (χ0n) is 18.8. The molecule has 7 heteroatoms. The first-order valence-corrected chi connectivity index (χ1v) is 11.6. The quantitative estimate of drug-likeness (QED) is 0.653. The van der Waals surface area contributed by atoms with Crippen LogP contribution < -0.4 is 5.32 Å². The Kier molecular flexibility index (Phi) is 7.27. The summed E-state index contributed by atoms with van der Waals surface area (Å²) in [5, 5.41) is 2.70. The fourth-order valence-corrected chi connectivity index (χ4v) is 4.97.